The molecular weight excluding hydrogens is 296 g/mol. The zero-order valence-corrected chi connectivity index (χ0v) is 16.4. The van der Waals surface area contributed by atoms with E-state index in [0.717, 1.165) is 0 Å². The van der Waals surface area contributed by atoms with Crippen molar-refractivity contribution in [1.29, 1.82) is 0 Å². The summed E-state index contributed by atoms with van der Waals surface area (Å²) in [7, 11) is -1.49. The molecule has 0 atom stereocenters. The van der Waals surface area contributed by atoms with Crippen molar-refractivity contribution >= 4 is 31.6 Å². The molecule has 1 aromatic rings. The van der Waals surface area contributed by atoms with Gasteiger partial charge in [-0.1, -0.05) is 63.7 Å². The minimum absolute atomic E-state index is 0.315. The third kappa shape index (κ3) is 2.73. The molecule has 0 unspecified atom stereocenters. The molecule has 1 fully saturated rings. The van der Waals surface area contributed by atoms with E-state index in [-0.39, 0.29) is 0 Å². The number of thioether (sulfide) groups is 2. The van der Waals surface area contributed by atoms with Gasteiger partial charge in [-0.2, -0.15) is 0 Å². The molecule has 1 aliphatic rings. The van der Waals surface area contributed by atoms with Gasteiger partial charge in [-0.25, -0.2) is 0 Å². The number of rotatable bonds is 2. The molecule has 0 nitrogen and oxygen atoms in total. The van der Waals surface area contributed by atoms with Crippen LogP contribution in [0.5, 0.6) is 0 Å². The second kappa shape index (κ2) is 5.73. The topological polar surface area (TPSA) is 0 Å². The summed E-state index contributed by atoms with van der Waals surface area (Å²) in [6.45, 7) is 14.8. The first-order valence-corrected chi connectivity index (χ1v) is 12.5. The lowest BCUT2D eigenvalue weighted by Gasteiger charge is -2.53. The van der Waals surface area contributed by atoms with Crippen LogP contribution in [0.4, 0.5) is 0 Å². The molecule has 0 N–H and O–H groups in total. The third-order valence-corrected chi connectivity index (χ3v) is 17.6. The van der Waals surface area contributed by atoms with Crippen LogP contribution in [-0.2, 0) is 3.70 Å². The first kappa shape index (κ1) is 16.5. The first-order chi connectivity index (χ1) is 9.21. The maximum atomic E-state index is 2.60. The zero-order chi connectivity index (χ0) is 15.0. The Kier molecular flexibility index (Phi) is 4.73. The lowest BCUT2D eigenvalue weighted by Crippen LogP contribution is -2.54. The van der Waals surface area contributed by atoms with E-state index in [1.54, 1.807) is 5.56 Å². The van der Waals surface area contributed by atoms with Gasteiger partial charge in [0.15, 0.2) is 0 Å². The second-order valence-electron chi connectivity index (χ2n) is 7.41. The molecule has 3 heteroatoms. The molecule has 1 aromatic carbocycles. The molecule has 1 saturated heterocycles. The summed E-state index contributed by atoms with van der Waals surface area (Å²) < 4.78 is 0.315. The molecule has 20 heavy (non-hydrogen) atoms. The summed E-state index contributed by atoms with van der Waals surface area (Å²) in [5.74, 6) is 2.63. The average Bonchev–Trinajstić information content (AvgIpc) is 2.38. The van der Waals surface area contributed by atoms with Crippen LogP contribution in [0, 0.1) is 6.92 Å². The number of hydrogen-bond donors (Lipinski definition) is 0. The number of hydrogen-bond acceptors (Lipinski definition) is 2. The van der Waals surface area contributed by atoms with Crippen LogP contribution >= 0.6 is 23.5 Å². The second-order valence-corrected chi connectivity index (χ2v) is 16.5. The molecule has 112 valence electrons. The molecule has 0 bridgehead atoms. The molecule has 0 radical (unpaired) electrons. The average molecular weight is 325 g/mol. The Labute approximate surface area is 134 Å². The standard InChI is InChI=1S/C17H28S2Si/c1-14-9-7-10-15(13-14)17(18-11-8-12-19-17)20(5,6)16(2,3)4/h7,9-10,13H,8,11-12H2,1-6H3. The van der Waals surface area contributed by atoms with Crippen molar-refractivity contribution in [2.75, 3.05) is 11.5 Å². The van der Waals surface area contributed by atoms with E-state index in [2.05, 4.69) is 88.6 Å². The van der Waals surface area contributed by atoms with Crippen molar-refractivity contribution in [2.45, 2.75) is 56.0 Å². The fourth-order valence-electron chi connectivity index (χ4n) is 2.76. The summed E-state index contributed by atoms with van der Waals surface area (Å²) in [6.07, 6.45) is 1.36. The van der Waals surface area contributed by atoms with E-state index < -0.39 is 8.07 Å². The maximum Gasteiger partial charge on any atom is 0.0892 e. The van der Waals surface area contributed by atoms with Gasteiger partial charge in [-0.05, 0) is 35.5 Å². The molecule has 1 heterocycles. The Morgan fingerprint density at radius 1 is 1.10 bits per heavy atom. The molecule has 0 spiro atoms. The fraction of sp³-hybridized carbons (Fsp3) is 0.647. The van der Waals surface area contributed by atoms with E-state index in [9.17, 15) is 0 Å². The predicted molar refractivity (Wildman–Crippen MR) is 99.6 cm³/mol. The minimum atomic E-state index is -1.49. The van der Waals surface area contributed by atoms with Crippen LogP contribution in [0.25, 0.3) is 0 Å². The normalized spacial score (nSPS) is 19.9. The van der Waals surface area contributed by atoms with Gasteiger partial charge in [0.2, 0.25) is 0 Å². The van der Waals surface area contributed by atoms with Gasteiger partial charge in [-0.15, -0.1) is 23.5 Å². The van der Waals surface area contributed by atoms with E-state index in [1.807, 2.05) is 0 Å². The molecule has 1 aliphatic heterocycles. The SMILES string of the molecule is Cc1cccc(C2([Si](C)(C)C(C)(C)C)SCCCS2)c1. The highest BCUT2D eigenvalue weighted by Gasteiger charge is 2.55. The van der Waals surface area contributed by atoms with Crippen LogP contribution in [-0.4, -0.2) is 19.6 Å². The highest BCUT2D eigenvalue weighted by Crippen LogP contribution is 2.61. The molecule has 2 rings (SSSR count). The Morgan fingerprint density at radius 3 is 2.20 bits per heavy atom. The van der Waals surface area contributed by atoms with Gasteiger partial charge >= 0.3 is 0 Å². The van der Waals surface area contributed by atoms with Crippen molar-refractivity contribution in [2.24, 2.45) is 0 Å². The highest BCUT2D eigenvalue weighted by atomic mass is 32.2. The summed E-state index contributed by atoms with van der Waals surface area (Å²) in [5.41, 5.74) is 2.96. The summed E-state index contributed by atoms with van der Waals surface area (Å²) in [4.78, 5) is 0. The van der Waals surface area contributed by atoms with E-state index in [1.165, 1.54) is 23.5 Å². The van der Waals surface area contributed by atoms with Crippen LogP contribution in [0.15, 0.2) is 24.3 Å². The summed E-state index contributed by atoms with van der Waals surface area (Å²) in [6, 6.07) is 9.28. The van der Waals surface area contributed by atoms with Crippen LogP contribution in [0.1, 0.15) is 38.3 Å². The largest absolute Gasteiger partial charge is 0.143 e. The van der Waals surface area contributed by atoms with Gasteiger partial charge < -0.3 is 0 Å². The van der Waals surface area contributed by atoms with Crippen molar-refractivity contribution < 1.29 is 0 Å². The smallest absolute Gasteiger partial charge is 0.0892 e. The van der Waals surface area contributed by atoms with Gasteiger partial charge in [0.25, 0.3) is 0 Å². The van der Waals surface area contributed by atoms with Gasteiger partial charge in [0.1, 0.15) is 0 Å². The first-order valence-electron chi connectivity index (χ1n) is 7.56. The zero-order valence-electron chi connectivity index (χ0n) is 13.7. The van der Waals surface area contributed by atoms with Crippen molar-refractivity contribution in [1.82, 2.24) is 0 Å². The lowest BCUT2D eigenvalue weighted by molar-refractivity contribution is 0.705. The Balaban J connectivity index is 2.57. The molecule has 0 amide bonds. The van der Waals surface area contributed by atoms with Gasteiger partial charge in [-0.3, -0.25) is 0 Å². The summed E-state index contributed by atoms with van der Waals surface area (Å²) >= 11 is 4.46. The highest BCUT2D eigenvalue weighted by molar-refractivity contribution is 8.20. The Bertz CT molecular complexity index is 468. The molecule has 0 aromatic heterocycles. The maximum absolute atomic E-state index is 2.60. The molecular formula is C17H28S2Si. The monoisotopic (exact) mass is 324 g/mol. The van der Waals surface area contributed by atoms with Crippen molar-refractivity contribution in [3.8, 4) is 0 Å². The Morgan fingerprint density at radius 2 is 1.70 bits per heavy atom. The minimum Gasteiger partial charge on any atom is -0.143 e. The predicted octanol–water partition coefficient (Wildman–Crippen LogP) is 6.07. The van der Waals surface area contributed by atoms with Gasteiger partial charge in [0, 0.05) is 0 Å². The molecule has 0 aliphatic carbocycles. The van der Waals surface area contributed by atoms with E-state index >= 15 is 0 Å². The van der Waals surface area contributed by atoms with Crippen LogP contribution in [0.3, 0.4) is 0 Å². The summed E-state index contributed by atoms with van der Waals surface area (Å²) in [5, 5.41) is 0.411. The Hall–Kier alpha value is 0.137. The lowest BCUT2D eigenvalue weighted by atomic mass is 10.1. The van der Waals surface area contributed by atoms with Crippen LogP contribution in [0.2, 0.25) is 18.1 Å². The van der Waals surface area contributed by atoms with E-state index in [0.29, 0.717) is 8.74 Å². The van der Waals surface area contributed by atoms with Crippen LogP contribution < -0.4 is 0 Å². The third-order valence-electron chi connectivity index (χ3n) is 5.00. The number of benzene rings is 1. The van der Waals surface area contributed by atoms with Crippen molar-refractivity contribution in [3.05, 3.63) is 35.4 Å². The quantitative estimate of drug-likeness (QED) is 0.606. The number of aryl methyl sites for hydroxylation is 1. The molecule has 0 saturated carbocycles. The van der Waals surface area contributed by atoms with E-state index in [4.69, 9.17) is 0 Å². The van der Waals surface area contributed by atoms with Crippen molar-refractivity contribution in [3.63, 3.8) is 0 Å². The van der Waals surface area contributed by atoms with Gasteiger partial charge in [0.05, 0.1) is 11.8 Å². The fourth-order valence-corrected chi connectivity index (χ4v) is 12.7.